The van der Waals surface area contributed by atoms with Crippen molar-refractivity contribution in [1.82, 2.24) is 9.80 Å². The van der Waals surface area contributed by atoms with Crippen molar-refractivity contribution in [3.05, 3.63) is 35.9 Å². The summed E-state index contributed by atoms with van der Waals surface area (Å²) in [7, 11) is 0. The van der Waals surface area contributed by atoms with Crippen LogP contribution in [0.15, 0.2) is 30.3 Å². The molecule has 2 heterocycles. The molecule has 2 aliphatic rings. The second-order valence-electron chi connectivity index (χ2n) is 5.44. The normalized spacial score (nSPS) is 26.0. The van der Waals surface area contributed by atoms with Crippen molar-refractivity contribution < 1.29 is 9.53 Å². The molecule has 0 N–H and O–H groups in total. The fourth-order valence-electron chi connectivity index (χ4n) is 2.91. The average molecular weight is 260 g/mol. The molecule has 4 nitrogen and oxygen atoms in total. The maximum atomic E-state index is 12.1. The predicted molar refractivity (Wildman–Crippen MR) is 72.7 cm³/mol. The van der Waals surface area contributed by atoms with Gasteiger partial charge in [0.25, 0.3) is 0 Å². The van der Waals surface area contributed by atoms with Crippen LogP contribution in [-0.4, -0.2) is 48.6 Å². The van der Waals surface area contributed by atoms with E-state index in [9.17, 15) is 4.79 Å². The quantitative estimate of drug-likeness (QED) is 0.815. The van der Waals surface area contributed by atoms with Crippen molar-refractivity contribution in [3.8, 4) is 0 Å². The first-order valence-electron chi connectivity index (χ1n) is 6.99. The number of fused-ring (bicyclic) bond motifs is 2. The van der Waals surface area contributed by atoms with E-state index in [1.54, 1.807) is 0 Å². The number of rotatable bonds is 2. The standard InChI is InChI=1S/C15H20N2O2/c18-15(19-12-13-4-2-1-3-5-13)17-9-8-16-7-6-14(10-16)11-17/h1-5,14H,6-12H2. The van der Waals surface area contributed by atoms with Crippen molar-refractivity contribution in [1.29, 1.82) is 0 Å². The summed E-state index contributed by atoms with van der Waals surface area (Å²) in [4.78, 5) is 16.4. The first-order chi connectivity index (χ1) is 9.31. The molecule has 2 aliphatic heterocycles. The zero-order chi connectivity index (χ0) is 13.1. The molecule has 4 heteroatoms. The van der Waals surface area contributed by atoms with Gasteiger partial charge in [-0.2, -0.15) is 0 Å². The van der Waals surface area contributed by atoms with Crippen LogP contribution in [0, 0.1) is 5.92 Å². The van der Waals surface area contributed by atoms with Gasteiger partial charge >= 0.3 is 6.09 Å². The van der Waals surface area contributed by atoms with Crippen LogP contribution in [0.1, 0.15) is 12.0 Å². The molecule has 0 radical (unpaired) electrons. The van der Waals surface area contributed by atoms with Crippen LogP contribution in [0.3, 0.4) is 0 Å². The van der Waals surface area contributed by atoms with E-state index in [2.05, 4.69) is 4.90 Å². The van der Waals surface area contributed by atoms with Gasteiger partial charge in [-0.25, -0.2) is 4.79 Å². The molecular weight excluding hydrogens is 240 g/mol. The summed E-state index contributed by atoms with van der Waals surface area (Å²) in [6, 6.07) is 9.83. The minimum Gasteiger partial charge on any atom is -0.445 e. The lowest BCUT2D eigenvalue weighted by Gasteiger charge is -2.24. The number of amides is 1. The van der Waals surface area contributed by atoms with Gasteiger partial charge in [0.05, 0.1) is 0 Å². The summed E-state index contributed by atoms with van der Waals surface area (Å²) in [5, 5.41) is 0. The third-order valence-electron chi connectivity index (χ3n) is 4.00. The summed E-state index contributed by atoms with van der Waals surface area (Å²) >= 11 is 0. The van der Waals surface area contributed by atoms with Gasteiger partial charge in [0, 0.05) is 26.2 Å². The number of carbonyl (C=O) groups is 1. The monoisotopic (exact) mass is 260 g/mol. The molecule has 2 unspecified atom stereocenters. The molecule has 0 spiro atoms. The van der Waals surface area contributed by atoms with E-state index in [0.29, 0.717) is 12.5 Å². The lowest BCUT2D eigenvalue weighted by atomic mass is 10.1. The Balaban J connectivity index is 1.52. The predicted octanol–water partition coefficient (Wildman–Crippen LogP) is 1.96. The Morgan fingerprint density at radius 3 is 2.84 bits per heavy atom. The topological polar surface area (TPSA) is 32.8 Å². The molecule has 1 aromatic rings. The highest BCUT2D eigenvalue weighted by Gasteiger charge is 2.30. The molecule has 1 amide bonds. The average Bonchev–Trinajstić information content (AvgIpc) is 2.77. The summed E-state index contributed by atoms with van der Waals surface area (Å²) < 4.78 is 5.40. The van der Waals surface area contributed by atoms with E-state index in [0.717, 1.165) is 31.7 Å². The van der Waals surface area contributed by atoms with Gasteiger partial charge in [-0.15, -0.1) is 0 Å². The largest absolute Gasteiger partial charge is 0.445 e. The van der Waals surface area contributed by atoms with Gasteiger partial charge in [-0.3, -0.25) is 0 Å². The minimum absolute atomic E-state index is 0.169. The Bertz CT molecular complexity index is 435. The molecule has 0 aliphatic carbocycles. The number of benzene rings is 1. The van der Waals surface area contributed by atoms with Crippen LogP contribution in [0.25, 0.3) is 0 Å². The van der Waals surface area contributed by atoms with Crippen molar-refractivity contribution >= 4 is 6.09 Å². The van der Waals surface area contributed by atoms with Crippen LogP contribution >= 0.6 is 0 Å². The highest BCUT2D eigenvalue weighted by atomic mass is 16.6. The van der Waals surface area contributed by atoms with Crippen molar-refractivity contribution in [2.75, 3.05) is 32.7 Å². The molecule has 2 atom stereocenters. The molecule has 19 heavy (non-hydrogen) atoms. The fraction of sp³-hybridized carbons (Fsp3) is 0.533. The molecule has 102 valence electrons. The summed E-state index contributed by atoms with van der Waals surface area (Å²) in [5.74, 6) is 0.631. The second kappa shape index (κ2) is 5.61. The Morgan fingerprint density at radius 2 is 2.00 bits per heavy atom. The highest BCUT2D eigenvalue weighted by molar-refractivity contribution is 5.67. The third-order valence-corrected chi connectivity index (χ3v) is 4.00. The van der Waals surface area contributed by atoms with Gasteiger partial charge < -0.3 is 14.5 Å². The van der Waals surface area contributed by atoms with E-state index in [1.807, 2.05) is 35.2 Å². The Morgan fingerprint density at radius 1 is 1.16 bits per heavy atom. The van der Waals surface area contributed by atoms with E-state index in [4.69, 9.17) is 4.74 Å². The van der Waals surface area contributed by atoms with Crippen molar-refractivity contribution in [3.63, 3.8) is 0 Å². The summed E-state index contributed by atoms with van der Waals surface area (Å²) in [5.41, 5.74) is 1.04. The van der Waals surface area contributed by atoms with Gasteiger partial charge in [0.15, 0.2) is 0 Å². The van der Waals surface area contributed by atoms with Crippen LogP contribution in [0.2, 0.25) is 0 Å². The zero-order valence-corrected chi connectivity index (χ0v) is 11.1. The molecule has 2 fully saturated rings. The first kappa shape index (κ1) is 12.5. The van der Waals surface area contributed by atoms with E-state index in [1.165, 1.54) is 13.0 Å². The molecular formula is C15H20N2O2. The maximum Gasteiger partial charge on any atom is 0.410 e. The smallest absolute Gasteiger partial charge is 0.410 e. The molecule has 0 saturated carbocycles. The number of hydrogen-bond acceptors (Lipinski definition) is 3. The minimum atomic E-state index is -0.169. The zero-order valence-electron chi connectivity index (χ0n) is 11.1. The Labute approximate surface area is 113 Å². The molecule has 1 aromatic carbocycles. The summed E-state index contributed by atoms with van der Waals surface area (Å²) in [6.07, 6.45) is 1.04. The molecule has 2 saturated heterocycles. The highest BCUT2D eigenvalue weighted by Crippen LogP contribution is 2.21. The van der Waals surface area contributed by atoms with Crippen LogP contribution in [-0.2, 0) is 11.3 Å². The number of ether oxygens (including phenoxy) is 1. The Hall–Kier alpha value is -1.55. The van der Waals surface area contributed by atoms with Crippen LogP contribution in [0.5, 0.6) is 0 Å². The molecule has 2 bridgehead atoms. The van der Waals surface area contributed by atoms with E-state index >= 15 is 0 Å². The van der Waals surface area contributed by atoms with E-state index < -0.39 is 0 Å². The maximum absolute atomic E-state index is 12.1. The molecule has 3 rings (SSSR count). The molecule has 0 aromatic heterocycles. The summed E-state index contributed by atoms with van der Waals surface area (Å²) in [6.45, 7) is 5.33. The lowest BCUT2D eigenvalue weighted by Crippen LogP contribution is -2.38. The van der Waals surface area contributed by atoms with Crippen molar-refractivity contribution in [2.45, 2.75) is 13.0 Å². The third kappa shape index (κ3) is 3.07. The lowest BCUT2D eigenvalue weighted by molar-refractivity contribution is 0.0920. The SMILES string of the molecule is O=C(OCc1ccccc1)N1CCN2CCC(C2)C1. The Kier molecular flexibility index (Phi) is 3.69. The van der Waals surface area contributed by atoms with Gasteiger partial charge in [0.1, 0.15) is 6.61 Å². The second-order valence-corrected chi connectivity index (χ2v) is 5.44. The first-order valence-corrected chi connectivity index (χ1v) is 6.99. The number of hydrogen-bond donors (Lipinski definition) is 0. The van der Waals surface area contributed by atoms with Gasteiger partial charge in [0.2, 0.25) is 0 Å². The fourth-order valence-corrected chi connectivity index (χ4v) is 2.91. The van der Waals surface area contributed by atoms with Gasteiger partial charge in [-0.05, 0) is 24.4 Å². The van der Waals surface area contributed by atoms with Crippen LogP contribution in [0.4, 0.5) is 4.79 Å². The number of carbonyl (C=O) groups excluding carboxylic acids is 1. The van der Waals surface area contributed by atoms with Crippen molar-refractivity contribution in [2.24, 2.45) is 5.92 Å². The number of nitrogens with zero attached hydrogens (tertiary/aromatic N) is 2. The van der Waals surface area contributed by atoms with Gasteiger partial charge in [-0.1, -0.05) is 30.3 Å². The van der Waals surface area contributed by atoms with E-state index in [-0.39, 0.29) is 6.09 Å². The van der Waals surface area contributed by atoms with Crippen LogP contribution < -0.4 is 0 Å².